The van der Waals surface area contributed by atoms with Gasteiger partial charge in [-0.15, -0.1) is 5.10 Å². The minimum absolute atomic E-state index is 0.239. The van der Waals surface area contributed by atoms with Crippen molar-refractivity contribution >= 4 is 29.3 Å². The van der Waals surface area contributed by atoms with E-state index < -0.39 is 6.04 Å². The van der Waals surface area contributed by atoms with E-state index in [-0.39, 0.29) is 17.6 Å². The van der Waals surface area contributed by atoms with Crippen LogP contribution in [0.2, 0.25) is 0 Å². The zero-order valence-electron chi connectivity index (χ0n) is 23.6. The minimum Gasteiger partial charge on any atom is -0.369 e. The number of aromatic nitrogens is 5. The van der Waals surface area contributed by atoms with E-state index >= 15 is 0 Å². The van der Waals surface area contributed by atoms with Crippen molar-refractivity contribution in [2.75, 3.05) is 51.4 Å². The van der Waals surface area contributed by atoms with E-state index in [0.717, 1.165) is 6.42 Å². The molecule has 12 nitrogen and oxygen atoms in total. The summed E-state index contributed by atoms with van der Waals surface area (Å²) in [7, 11) is 5.42. The Hall–Kier alpha value is -4.39. The molecule has 0 saturated carbocycles. The maximum Gasteiger partial charge on any atom is 0.246 e. The summed E-state index contributed by atoms with van der Waals surface area (Å²) in [5.74, 6) is 0.0166. The number of carbonyl (C=O) groups is 2. The fourth-order valence-electron chi connectivity index (χ4n) is 3.52. The van der Waals surface area contributed by atoms with Crippen molar-refractivity contribution in [2.24, 2.45) is 0 Å². The van der Waals surface area contributed by atoms with Crippen LogP contribution in [0.15, 0.2) is 48.8 Å². The normalized spacial score (nSPS) is 12.0. The smallest absolute Gasteiger partial charge is 0.246 e. The molecule has 2 heterocycles. The van der Waals surface area contributed by atoms with Crippen molar-refractivity contribution in [3.8, 4) is 11.3 Å². The van der Waals surface area contributed by atoms with Gasteiger partial charge in [0, 0.05) is 44.6 Å². The van der Waals surface area contributed by atoms with Gasteiger partial charge in [-0.2, -0.15) is 4.98 Å². The molecule has 3 rings (SSSR count). The van der Waals surface area contributed by atoms with Crippen LogP contribution in [0, 0.1) is 5.82 Å². The first-order chi connectivity index (χ1) is 19.2. The number of halogens is 1. The second-order valence-electron chi connectivity index (χ2n) is 9.47. The average molecular weight is 553 g/mol. The predicted molar refractivity (Wildman–Crippen MR) is 152 cm³/mol. The summed E-state index contributed by atoms with van der Waals surface area (Å²) in [5.41, 5.74) is 1.75. The van der Waals surface area contributed by atoms with Crippen LogP contribution in [0.4, 0.5) is 21.8 Å². The van der Waals surface area contributed by atoms with Crippen LogP contribution in [0.25, 0.3) is 11.3 Å². The van der Waals surface area contributed by atoms with Gasteiger partial charge in [-0.05, 0) is 45.6 Å². The molecule has 0 aliphatic rings. The number of nitrogens with one attached hydrogen (secondary N) is 3. The van der Waals surface area contributed by atoms with Crippen molar-refractivity contribution in [3.63, 3.8) is 0 Å². The lowest BCUT2D eigenvalue weighted by Crippen LogP contribution is -2.46. The number of anilines is 3. The number of rotatable bonds is 14. The lowest BCUT2D eigenvalue weighted by Gasteiger charge is -2.23. The summed E-state index contributed by atoms with van der Waals surface area (Å²) in [6.07, 6.45) is 7.49. The van der Waals surface area contributed by atoms with Gasteiger partial charge in [-0.25, -0.2) is 9.37 Å². The number of benzene rings is 1. The summed E-state index contributed by atoms with van der Waals surface area (Å²) in [5, 5.41) is 17.5. The molecule has 0 aliphatic heterocycles. The molecular formula is C27H37FN10O2. The van der Waals surface area contributed by atoms with E-state index in [2.05, 4.69) is 36.2 Å². The van der Waals surface area contributed by atoms with Gasteiger partial charge >= 0.3 is 0 Å². The van der Waals surface area contributed by atoms with Crippen LogP contribution in [0.1, 0.15) is 20.3 Å². The monoisotopic (exact) mass is 552 g/mol. The number of nitrogens with zero attached hydrogens (tertiary/aromatic N) is 7. The molecule has 3 aromatic rings. The van der Waals surface area contributed by atoms with Gasteiger partial charge in [0.1, 0.15) is 23.4 Å². The largest absolute Gasteiger partial charge is 0.369 e. The number of hydrogen-bond donors (Lipinski definition) is 3. The molecule has 2 aromatic heterocycles. The summed E-state index contributed by atoms with van der Waals surface area (Å²) >= 11 is 0. The van der Waals surface area contributed by atoms with E-state index in [4.69, 9.17) is 0 Å². The molecule has 0 spiro atoms. The Balaban J connectivity index is 1.60. The zero-order valence-corrected chi connectivity index (χ0v) is 23.6. The molecule has 0 aliphatic carbocycles. The topological polar surface area (TPSA) is 133 Å². The lowest BCUT2D eigenvalue weighted by molar-refractivity contribution is -0.135. The molecule has 2 amide bonds. The van der Waals surface area contributed by atoms with E-state index in [0.29, 0.717) is 54.9 Å². The molecule has 0 radical (unpaired) electrons. The van der Waals surface area contributed by atoms with Gasteiger partial charge in [0.05, 0.1) is 18.3 Å². The van der Waals surface area contributed by atoms with Crippen LogP contribution in [-0.4, -0.2) is 93.4 Å². The minimum atomic E-state index is -0.633. The second-order valence-corrected chi connectivity index (χ2v) is 9.47. The Morgan fingerprint density at radius 3 is 2.73 bits per heavy atom. The Morgan fingerprint density at radius 2 is 2.00 bits per heavy atom. The number of hydrogen-bond acceptors (Lipinski definition) is 9. The predicted octanol–water partition coefficient (Wildman–Crippen LogP) is 2.52. The summed E-state index contributed by atoms with van der Waals surface area (Å²) in [6, 6.07) is 5.42. The second kappa shape index (κ2) is 14.7. The van der Waals surface area contributed by atoms with Crippen LogP contribution in [0.3, 0.4) is 0 Å². The van der Waals surface area contributed by atoms with Gasteiger partial charge in [-0.1, -0.05) is 24.3 Å². The Morgan fingerprint density at radius 1 is 1.20 bits per heavy atom. The molecule has 13 heteroatoms. The quantitative estimate of drug-likeness (QED) is 0.258. The summed E-state index contributed by atoms with van der Waals surface area (Å²) in [6.45, 7) is 5.73. The first-order valence-corrected chi connectivity index (χ1v) is 13.1. The van der Waals surface area contributed by atoms with Crippen molar-refractivity contribution in [1.29, 1.82) is 0 Å². The standard InChI is InChI=1S/C27H37FN10O2/c1-6-12-29-25-22(17-31-27(33-25)32-21-10-7-9-20(28)16-21)23-18-38(35-34-23)15-13-30-26(40)19(2)37(5)24(39)11-8-14-36(3)4/h7-11,16-19H,6,12-15H2,1-5H3,(H,30,40)(H2,29,31,32,33)/b11-8+/t19-/m0/s1. The third kappa shape index (κ3) is 8.83. The number of carbonyl (C=O) groups excluding carboxylic acids is 2. The van der Waals surface area contributed by atoms with Crippen LogP contribution < -0.4 is 16.0 Å². The molecule has 214 valence electrons. The molecule has 40 heavy (non-hydrogen) atoms. The Labute approximate surface area is 233 Å². The highest BCUT2D eigenvalue weighted by atomic mass is 19.1. The number of likely N-dealkylation sites (N-methyl/N-ethyl adjacent to an activating group) is 2. The van der Waals surface area contributed by atoms with Crippen LogP contribution in [0.5, 0.6) is 0 Å². The highest BCUT2D eigenvalue weighted by molar-refractivity contribution is 5.92. The molecule has 1 atom stereocenters. The Kier molecular flexibility index (Phi) is 11.1. The fraction of sp³-hybridized carbons (Fsp3) is 0.407. The molecule has 0 unspecified atom stereocenters. The fourth-order valence-corrected chi connectivity index (χ4v) is 3.52. The van der Waals surface area contributed by atoms with Crippen LogP contribution in [-0.2, 0) is 16.1 Å². The zero-order chi connectivity index (χ0) is 29.1. The van der Waals surface area contributed by atoms with Crippen molar-refractivity contribution < 1.29 is 14.0 Å². The third-order valence-electron chi connectivity index (χ3n) is 5.91. The van der Waals surface area contributed by atoms with Gasteiger partial charge in [0.25, 0.3) is 0 Å². The van der Waals surface area contributed by atoms with Crippen molar-refractivity contribution in [1.82, 2.24) is 40.1 Å². The summed E-state index contributed by atoms with van der Waals surface area (Å²) in [4.78, 5) is 37.1. The van der Waals surface area contributed by atoms with E-state index in [9.17, 15) is 14.0 Å². The highest BCUT2D eigenvalue weighted by Crippen LogP contribution is 2.26. The molecule has 3 N–H and O–H groups in total. The maximum absolute atomic E-state index is 13.6. The first-order valence-electron chi connectivity index (χ1n) is 13.1. The molecule has 0 fully saturated rings. The summed E-state index contributed by atoms with van der Waals surface area (Å²) < 4.78 is 15.2. The van der Waals surface area contributed by atoms with Crippen molar-refractivity contribution in [3.05, 3.63) is 54.6 Å². The maximum atomic E-state index is 13.6. The van der Waals surface area contributed by atoms with Gasteiger partial charge in [-0.3, -0.25) is 14.3 Å². The first kappa shape index (κ1) is 30.2. The third-order valence-corrected chi connectivity index (χ3v) is 5.91. The molecule has 1 aromatic carbocycles. The Bertz CT molecular complexity index is 1310. The van der Waals surface area contributed by atoms with Crippen LogP contribution >= 0.6 is 0 Å². The van der Waals surface area contributed by atoms with E-state index in [1.165, 1.54) is 23.1 Å². The van der Waals surface area contributed by atoms with Gasteiger partial charge in [0.2, 0.25) is 17.8 Å². The van der Waals surface area contributed by atoms with Crippen molar-refractivity contribution in [2.45, 2.75) is 32.9 Å². The van der Waals surface area contributed by atoms with E-state index in [1.54, 1.807) is 49.3 Å². The highest BCUT2D eigenvalue weighted by Gasteiger charge is 2.20. The number of amides is 2. The van der Waals surface area contributed by atoms with Gasteiger partial charge in [0.15, 0.2) is 0 Å². The van der Waals surface area contributed by atoms with E-state index in [1.807, 2.05) is 25.9 Å². The average Bonchev–Trinajstić information content (AvgIpc) is 3.39. The molecular weight excluding hydrogens is 515 g/mol. The molecule has 0 bridgehead atoms. The SMILES string of the molecule is CCCNc1nc(Nc2cccc(F)c2)ncc1-c1cn(CCNC(=O)[C@H](C)N(C)C(=O)/C=C/CN(C)C)nn1. The van der Waals surface area contributed by atoms with Gasteiger partial charge < -0.3 is 25.8 Å². The molecule has 0 saturated heterocycles. The lowest BCUT2D eigenvalue weighted by atomic mass is 10.2.